The van der Waals surface area contributed by atoms with E-state index in [9.17, 15) is 22.8 Å². The lowest BCUT2D eigenvalue weighted by Gasteiger charge is -2.09. The van der Waals surface area contributed by atoms with Gasteiger partial charge >= 0.3 is 12.4 Å². The molecule has 1 aromatic heterocycles. The Morgan fingerprint density at radius 2 is 1.92 bits per heavy atom. The van der Waals surface area contributed by atoms with Gasteiger partial charge in [-0.3, -0.25) is 10.1 Å². The molecule has 0 aliphatic heterocycles. The minimum atomic E-state index is -4.75. The lowest BCUT2D eigenvalue weighted by Crippen LogP contribution is -2.39. The highest BCUT2D eigenvalue weighted by Crippen LogP contribution is 2.31. The molecule has 0 spiro atoms. The van der Waals surface area contributed by atoms with Crippen LogP contribution in [0.3, 0.4) is 0 Å². The van der Waals surface area contributed by atoms with Gasteiger partial charge in [-0.05, 0) is 31.2 Å². The largest absolute Gasteiger partial charge is 0.573 e. The van der Waals surface area contributed by atoms with Crippen molar-refractivity contribution in [3.63, 3.8) is 0 Å². The Morgan fingerprint density at radius 3 is 2.50 bits per heavy atom. The number of hydrogen-bond acceptors (Lipinski definition) is 8. The third-order valence-electron chi connectivity index (χ3n) is 2.64. The second-order valence-electron chi connectivity index (χ2n) is 4.68. The summed E-state index contributed by atoms with van der Waals surface area (Å²) in [5.74, 6) is -0.904. The number of nitrogens with two attached hydrogens (primary N) is 1. The van der Waals surface area contributed by atoms with Crippen molar-refractivity contribution in [3.05, 3.63) is 24.3 Å². The van der Waals surface area contributed by atoms with Crippen molar-refractivity contribution >= 4 is 45.9 Å². The number of carbonyl (C=O) groups is 2. The summed E-state index contributed by atoms with van der Waals surface area (Å²) in [5.41, 5.74) is 5.35. The molecule has 0 saturated carbocycles. The van der Waals surface area contributed by atoms with Crippen LogP contribution in [-0.4, -0.2) is 33.7 Å². The van der Waals surface area contributed by atoms with E-state index in [4.69, 9.17) is 5.73 Å². The fraction of sp³-hybridized carbons (Fsp3) is 0.231. The number of halogens is 3. The number of urea groups is 1. The van der Waals surface area contributed by atoms with Crippen molar-refractivity contribution in [2.45, 2.75) is 22.9 Å². The molecule has 8 nitrogen and oxygen atoms in total. The highest BCUT2D eigenvalue weighted by Gasteiger charge is 2.30. The van der Waals surface area contributed by atoms with E-state index in [1.54, 1.807) is 6.92 Å². The van der Waals surface area contributed by atoms with E-state index >= 15 is 0 Å². The number of nitrogens with zero attached hydrogens (tertiary/aromatic N) is 2. The van der Waals surface area contributed by atoms with Crippen molar-refractivity contribution in [3.8, 4) is 5.75 Å². The fourth-order valence-electron chi connectivity index (χ4n) is 1.60. The number of alkyl halides is 3. The number of aromatic nitrogens is 2. The molecule has 1 aromatic carbocycles. The monoisotopic (exact) mass is 407 g/mol. The molecular formula is C13H12F3N5O3S2. The molecule has 2 rings (SSSR count). The van der Waals surface area contributed by atoms with Crippen molar-refractivity contribution < 1.29 is 27.5 Å². The number of hydrogen-bond donors (Lipinski definition) is 3. The van der Waals surface area contributed by atoms with E-state index in [2.05, 4.69) is 20.3 Å². The standard InChI is InChI=1S/C13H12F3N5O3S2/c1-6(9(22)19-10(17)23)25-12-21-20-11(26-12)18-7-2-4-8(5-3-7)24-13(14,15)16/h2-6H,1H3,(H,18,20)(H3,17,19,22,23)/t6-/m1/s1. The zero-order chi connectivity index (χ0) is 19.3. The molecule has 4 N–H and O–H groups in total. The van der Waals surface area contributed by atoms with Gasteiger partial charge in [0.05, 0.1) is 5.25 Å². The smallest absolute Gasteiger partial charge is 0.406 e. The molecule has 0 radical (unpaired) electrons. The molecule has 140 valence electrons. The van der Waals surface area contributed by atoms with Gasteiger partial charge in [0.15, 0.2) is 4.34 Å². The van der Waals surface area contributed by atoms with Gasteiger partial charge < -0.3 is 15.8 Å². The van der Waals surface area contributed by atoms with Crippen LogP contribution in [0.25, 0.3) is 0 Å². The van der Waals surface area contributed by atoms with Crippen LogP contribution in [0.4, 0.5) is 28.8 Å². The van der Waals surface area contributed by atoms with E-state index in [0.717, 1.165) is 35.2 Å². The lowest BCUT2D eigenvalue weighted by molar-refractivity contribution is -0.274. The Kier molecular flexibility index (Phi) is 6.26. The molecule has 13 heteroatoms. The lowest BCUT2D eigenvalue weighted by atomic mass is 10.3. The first-order valence-electron chi connectivity index (χ1n) is 6.85. The highest BCUT2D eigenvalue weighted by molar-refractivity contribution is 8.02. The average Bonchev–Trinajstić information content (AvgIpc) is 2.94. The number of carbonyl (C=O) groups excluding carboxylic acids is 2. The average molecular weight is 407 g/mol. The summed E-state index contributed by atoms with van der Waals surface area (Å²) in [6.45, 7) is 1.57. The van der Waals surface area contributed by atoms with Gasteiger partial charge in [0, 0.05) is 5.69 Å². The predicted octanol–water partition coefficient (Wildman–Crippen LogP) is 2.86. The number of anilines is 2. The summed E-state index contributed by atoms with van der Waals surface area (Å²) >= 11 is 2.20. The van der Waals surface area contributed by atoms with Crippen molar-refractivity contribution in [2.75, 3.05) is 5.32 Å². The van der Waals surface area contributed by atoms with Crippen molar-refractivity contribution in [1.29, 1.82) is 0 Å². The summed E-state index contributed by atoms with van der Waals surface area (Å²) in [4.78, 5) is 22.3. The number of benzene rings is 1. The minimum Gasteiger partial charge on any atom is -0.406 e. The number of imide groups is 1. The maximum Gasteiger partial charge on any atom is 0.573 e. The Balaban J connectivity index is 1.93. The Bertz CT molecular complexity index is 782. The number of amides is 3. The maximum absolute atomic E-state index is 12.1. The normalized spacial score (nSPS) is 12.3. The topological polar surface area (TPSA) is 119 Å². The molecular weight excluding hydrogens is 395 g/mol. The molecule has 0 aliphatic rings. The van der Waals surface area contributed by atoms with Crippen LogP contribution in [0, 0.1) is 0 Å². The van der Waals surface area contributed by atoms with E-state index in [-0.39, 0.29) is 5.75 Å². The van der Waals surface area contributed by atoms with Gasteiger partial charge in [-0.25, -0.2) is 4.79 Å². The second-order valence-corrected chi connectivity index (χ2v) is 7.25. The molecule has 2 aromatic rings. The van der Waals surface area contributed by atoms with Crippen molar-refractivity contribution in [2.24, 2.45) is 5.73 Å². The predicted molar refractivity (Wildman–Crippen MR) is 89.4 cm³/mol. The van der Waals surface area contributed by atoms with Crippen LogP contribution in [0.1, 0.15) is 6.92 Å². The Morgan fingerprint density at radius 1 is 1.27 bits per heavy atom. The Labute approximate surface area is 153 Å². The SMILES string of the molecule is C[C@@H](Sc1nnc(Nc2ccc(OC(F)(F)F)cc2)s1)C(=O)NC(N)=O. The molecule has 1 atom stereocenters. The van der Waals surface area contributed by atoms with Crippen LogP contribution in [0.5, 0.6) is 5.75 Å². The Hall–Kier alpha value is -2.54. The van der Waals surface area contributed by atoms with E-state index in [1.165, 1.54) is 12.1 Å². The number of rotatable bonds is 6. The number of thioether (sulfide) groups is 1. The van der Waals surface area contributed by atoms with E-state index in [0.29, 0.717) is 15.2 Å². The van der Waals surface area contributed by atoms with E-state index < -0.39 is 23.6 Å². The van der Waals surface area contributed by atoms with Crippen molar-refractivity contribution in [1.82, 2.24) is 15.5 Å². The number of ether oxygens (including phenoxy) is 1. The molecule has 3 amide bonds. The second kappa shape index (κ2) is 8.23. The summed E-state index contributed by atoms with van der Waals surface area (Å²) in [6.07, 6.45) is -4.75. The summed E-state index contributed by atoms with van der Waals surface area (Å²) in [5, 5.41) is 12.3. The molecule has 0 saturated heterocycles. The number of nitrogens with one attached hydrogen (secondary N) is 2. The van der Waals surface area contributed by atoms with Gasteiger partial charge in [0.1, 0.15) is 5.75 Å². The van der Waals surface area contributed by atoms with Gasteiger partial charge in [0.2, 0.25) is 11.0 Å². The zero-order valence-electron chi connectivity index (χ0n) is 13.0. The number of primary amides is 1. The molecule has 0 aliphatic carbocycles. The van der Waals surface area contributed by atoms with Gasteiger partial charge in [-0.1, -0.05) is 23.1 Å². The molecule has 26 heavy (non-hydrogen) atoms. The fourth-order valence-corrected chi connectivity index (χ4v) is 3.52. The quantitative estimate of drug-likeness (QED) is 0.630. The first kappa shape index (κ1) is 19.8. The third-order valence-corrected chi connectivity index (χ3v) is 4.66. The third kappa shape index (κ3) is 6.40. The summed E-state index contributed by atoms with van der Waals surface area (Å²) in [7, 11) is 0. The highest BCUT2D eigenvalue weighted by atomic mass is 32.2. The zero-order valence-corrected chi connectivity index (χ0v) is 14.7. The maximum atomic E-state index is 12.1. The van der Waals surface area contributed by atoms with Crippen LogP contribution >= 0.6 is 23.1 Å². The summed E-state index contributed by atoms with van der Waals surface area (Å²) in [6, 6.07) is 4.14. The first-order chi connectivity index (χ1) is 12.1. The van der Waals surface area contributed by atoms with Crippen LogP contribution < -0.4 is 21.1 Å². The molecule has 1 heterocycles. The van der Waals surface area contributed by atoms with Gasteiger partial charge in [0.25, 0.3) is 0 Å². The minimum absolute atomic E-state index is 0.342. The first-order valence-corrected chi connectivity index (χ1v) is 8.55. The van der Waals surface area contributed by atoms with Gasteiger partial charge in [-0.15, -0.1) is 23.4 Å². The van der Waals surface area contributed by atoms with E-state index in [1.807, 2.05) is 5.32 Å². The molecule has 0 bridgehead atoms. The van der Waals surface area contributed by atoms with Gasteiger partial charge in [-0.2, -0.15) is 0 Å². The molecule has 0 fully saturated rings. The van der Waals surface area contributed by atoms with Crippen LogP contribution in [0.2, 0.25) is 0 Å². The molecule has 0 unspecified atom stereocenters. The van der Waals surface area contributed by atoms with Crippen LogP contribution in [0.15, 0.2) is 28.6 Å². The van der Waals surface area contributed by atoms with Crippen LogP contribution in [-0.2, 0) is 4.79 Å². The summed E-state index contributed by atoms with van der Waals surface area (Å²) < 4.78 is 40.6.